The van der Waals surface area contributed by atoms with Crippen molar-refractivity contribution in [2.75, 3.05) is 25.1 Å². The van der Waals surface area contributed by atoms with E-state index in [4.69, 9.17) is 9.47 Å². The summed E-state index contributed by atoms with van der Waals surface area (Å²) in [5, 5.41) is 1.70. The number of fused-ring (bicyclic) bond motifs is 1. The standard InChI is InChI=1S/C16H16F3NO4S/c1-15(6-23-7-15)8-24-13(21)5-12-14(22)20-10-4-9(16(17,18)19)2-3-11(10)25-12/h2-4,12H,5-8H2,1H3,(H,20,22)/t12-/m0/s1. The summed E-state index contributed by atoms with van der Waals surface area (Å²) in [6.07, 6.45) is -4.62. The summed E-state index contributed by atoms with van der Waals surface area (Å²) in [5.74, 6) is -1.02. The van der Waals surface area contributed by atoms with Gasteiger partial charge < -0.3 is 14.8 Å². The lowest BCUT2D eigenvalue weighted by Crippen LogP contribution is -2.44. The Balaban J connectivity index is 1.61. The fourth-order valence-electron chi connectivity index (χ4n) is 2.46. The number of ether oxygens (including phenoxy) is 2. The maximum Gasteiger partial charge on any atom is 0.416 e. The van der Waals surface area contributed by atoms with E-state index in [0.29, 0.717) is 18.1 Å². The molecule has 1 N–H and O–H groups in total. The number of rotatable bonds is 4. The summed E-state index contributed by atoms with van der Waals surface area (Å²) in [6.45, 7) is 3.19. The summed E-state index contributed by atoms with van der Waals surface area (Å²) >= 11 is 1.06. The molecular formula is C16H16F3NO4S. The Hall–Kier alpha value is -1.74. The third kappa shape index (κ3) is 4.09. The van der Waals surface area contributed by atoms with Crippen LogP contribution < -0.4 is 5.32 Å². The number of halogens is 3. The number of anilines is 1. The van der Waals surface area contributed by atoms with Gasteiger partial charge in [0.2, 0.25) is 5.91 Å². The molecule has 136 valence electrons. The zero-order valence-corrected chi connectivity index (χ0v) is 14.1. The van der Waals surface area contributed by atoms with Gasteiger partial charge in [-0.05, 0) is 18.2 Å². The number of hydrogen-bond acceptors (Lipinski definition) is 5. The number of alkyl halides is 3. The van der Waals surface area contributed by atoms with E-state index in [-0.39, 0.29) is 24.1 Å². The van der Waals surface area contributed by atoms with E-state index >= 15 is 0 Å². The maximum atomic E-state index is 12.7. The summed E-state index contributed by atoms with van der Waals surface area (Å²) in [5.41, 5.74) is -0.910. The topological polar surface area (TPSA) is 64.6 Å². The third-order valence-electron chi connectivity index (χ3n) is 3.96. The number of hydrogen-bond donors (Lipinski definition) is 1. The Bertz CT molecular complexity index is 703. The maximum absolute atomic E-state index is 12.7. The molecule has 0 aliphatic carbocycles. The van der Waals surface area contributed by atoms with Crippen LogP contribution in [0, 0.1) is 5.41 Å². The zero-order valence-electron chi connectivity index (χ0n) is 13.3. The van der Waals surface area contributed by atoms with Crippen molar-refractivity contribution < 1.29 is 32.2 Å². The molecule has 2 aliphatic heterocycles. The molecule has 1 fully saturated rings. The molecule has 0 radical (unpaired) electrons. The minimum Gasteiger partial charge on any atom is -0.465 e. The van der Waals surface area contributed by atoms with Gasteiger partial charge in [-0.3, -0.25) is 9.59 Å². The van der Waals surface area contributed by atoms with E-state index in [9.17, 15) is 22.8 Å². The number of nitrogens with one attached hydrogen (secondary N) is 1. The molecule has 2 heterocycles. The lowest BCUT2D eigenvalue weighted by atomic mass is 9.90. The van der Waals surface area contributed by atoms with Gasteiger partial charge in [-0.15, -0.1) is 11.8 Å². The van der Waals surface area contributed by atoms with Gasteiger partial charge in [-0.2, -0.15) is 13.2 Å². The second-order valence-electron chi connectivity index (χ2n) is 6.47. The van der Waals surface area contributed by atoms with Crippen LogP contribution in [-0.2, 0) is 25.2 Å². The van der Waals surface area contributed by atoms with Crippen molar-refractivity contribution >= 4 is 29.3 Å². The van der Waals surface area contributed by atoms with Gasteiger partial charge in [0.25, 0.3) is 0 Å². The lowest BCUT2D eigenvalue weighted by molar-refractivity contribution is -0.165. The molecule has 1 aromatic carbocycles. The summed E-state index contributed by atoms with van der Waals surface area (Å²) in [7, 11) is 0. The number of carbonyl (C=O) groups is 2. The molecule has 0 spiro atoms. The van der Waals surface area contributed by atoms with Crippen LogP contribution in [0.25, 0.3) is 0 Å². The summed E-state index contributed by atoms with van der Waals surface area (Å²) < 4.78 is 48.4. The fourth-order valence-corrected chi connectivity index (χ4v) is 3.54. The molecule has 0 bridgehead atoms. The molecule has 1 saturated heterocycles. The minimum atomic E-state index is -4.48. The Morgan fingerprint density at radius 2 is 2.16 bits per heavy atom. The summed E-state index contributed by atoms with van der Waals surface area (Å²) in [4.78, 5) is 24.5. The molecule has 0 unspecified atom stereocenters. The Morgan fingerprint density at radius 3 is 2.76 bits per heavy atom. The van der Waals surface area contributed by atoms with Crippen molar-refractivity contribution in [2.24, 2.45) is 5.41 Å². The molecule has 3 rings (SSSR count). The van der Waals surface area contributed by atoms with Gasteiger partial charge in [-0.25, -0.2) is 0 Å². The second-order valence-corrected chi connectivity index (χ2v) is 7.72. The molecule has 5 nitrogen and oxygen atoms in total. The first-order valence-electron chi connectivity index (χ1n) is 7.58. The van der Waals surface area contributed by atoms with E-state index in [2.05, 4.69) is 5.32 Å². The normalized spacial score (nSPS) is 21.8. The largest absolute Gasteiger partial charge is 0.465 e. The van der Waals surface area contributed by atoms with Crippen LogP contribution in [0.4, 0.5) is 18.9 Å². The molecule has 9 heteroatoms. The van der Waals surface area contributed by atoms with E-state index in [1.165, 1.54) is 6.07 Å². The van der Waals surface area contributed by atoms with Crippen molar-refractivity contribution in [3.63, 3.8) is 0 Å². The van der Waals surface area contributed by atoms with Gasteiger partial charge in [-0.1, -0.05) is 6.92 Å². The zero-order chi connectivity index (χ0) is 18.2. The SMILES string of the molecule is CC1(COC(=O)C[C@@H]2Sc3ccc(C(F)(F)F)cc3NC2=O)COC1. The van der Waals surface area contributed by atoms with Gasteiger partial charge >= 0.3 is 12.1 Å². The van der Waals surface area contributed by atoms with Crippen LogP contribution in [0.1, 0.15) is 18.9 Å². The average molecular weight is 375 g/mol. The van der Waals surface area contributed by atoms with Gasteiger partial charge in [0.05, 0.1) is 36.1 Å². The molecule has 0 aromatic heterocycles. The number of carbonyl (C=O) groups excluding carboxylic acids is 2. The van der Waals surface area contributed by atoms with E-state index in [1.807, 2.05) is 6.92 Å². The quantitative estimate of drug-likeness (QED) is 0.820. The highest BCUT2D eigenvalue weighted by molar-refractivity contribution is 8.01. The molecule has 2 aliphatic rings. The van der Waals surface area contributed by atoms with Crippen LogP contribution in [0.2, 0.25) is 0 Å². The van der Waals surface area contributed by atoms with Crippen molar-refractivity contribution in [3.05, 3.63) is 23.8 Å². The fraction of sp³-hybridized carbons (Fsp3) is 0.500. The molecule has 25 heavy (non-hydrogen) atoms. The highest BCUT2D eigenvalue weighted by Crippen LogP contribution is 2.40. The molecule has 1 atom stereocenters. The molecular weight excluding hydrogens is 359 g/mol. The Kier molecular flexibility index (Phi) is 4.72. The predicted molar refractivity (Wildman–Crippen MR) is 84.2 cm³/mol. The molecule has 1 amide bonds. The first-order chi connectivity index (χ1) is 11.7. The first-order valence-corrected chi connectivity index (χ1v) is 8.46. The van der Waals surface area contributed by atoms with Gasteiger partial charge in [0.1, 0.15) is 6.61 Å². The predicted octanol–water partition coefficient (Wildman–Crippen LogP) is 3.09. The average Bonchev–Trinajstić information content (AvgIpc) is 2.50. The van der Waals surface area contributed by atoms with Crippen molar-refractivity contribution in [2.45, 2.75) is 29.7 Å². The van der Waals surface area contributed by atoms with Crippen LogP contribution in [0.15, 0.2) is 23.1 Å². The first kappa shape index (κ1) is 18.1. The van der Waals surface area contributed by atoms with Crippen LogP contribution in [0.3, 0.4) is 0 Å². The Morgan fingerprint density at radius 1 is 1.44 bits per heavy atom. The highest BCUT2D eigenvalue weighted by atomic mass is 32.2. The number of thioether (sulfide) groups is 1. The van der Waals surface area contributed by atoms with E-state index in [0.717, 1.165) is 23.9 Å². The summed E-state index contributed by atoms with van der Waals surface area (Å²) in [6, 6.07) is 3.15. The van der Waals surface area contributed by atoms with E-state index in [1.54, 1.807) is 0 Å². The van der Waals surface area contributed by atoms with Crippen molar-refractivity contribution in [3.8, 4) is 0 Å². The van der Waals surface area contributed by atoms with E-state index < -0.39 is 28.9 Å². The molecule has 1 aromatic rings. The van der Waals surface area contributed by atoms with Crippen molar-refractivity contribution in [1.29, 1.82) is 0 Å². The van der Waals surface area contributed by atoms with Crippen LogP contribution in [0.5, 0.6) is 0 Å². The Labute approximate surface area is 146 Å². The lowest BCUT2D eigenvalue weighted by Gasteiger charge is -2.37. The van der Waals surface area contributed by atoms with Crippen LogP contribution in [-0.4, -0.2) is 36.9 Å². The van der Waals surface area contributed by atoms with Gasteiger partial charge in [0, 0.05) is 10.3 Å². The minimum absolute atomic E-state index is 0.105. The number of benzene rings is 1. The number of esters is 1. The number of amides is 1. The van der Waals surface area contributed by atoms with Gasteiger partial charge in [0.15, 0.2) is 0 Å². The monoisotopic (exact) mass is 375 g/mol. The smallest absolute Gasteiger partial charge is 0.416 e. The molecule has 0 saturated carbocycles. The highest BCUT2D eigenvalue weighted by Gasteiger charge is 2.37. The van der Waals surface area contributed by atoms with Crippen LogP contribution >= 0.6 is 11.8 Å². The van der Waals surface area contributed by atoms with Crippen molar-refractivity contribution in [1.82, 2.24) is 0 Å². The third-order valence-corrected chi connectivity index (χ3v) is 5.24. The second kappa shape index (κ2) is 6.53.